The molecule has 0 aliphatic heterocycles. The Labute approximate surface area is 224 Å². The second-order valence-corrected chi connectivity index (χ2v) is 8.81. The van der Waals surface area contributed by atoms with Crippen LogP contribution in [0.5, 0.6) is 0 Å². The van der Waals surface area contributed by atoms with Crippen LogP contribution < -0.4 is 11.1 Å². The van der Waals surface area contributed by atoms with Gasteiger partial charge in [-0.15, -0.1) is 0 Å². The number of carbonyl (C=O) groups is 3. The Bertz CT molecular complexity index is 1460. The lowest BCUT2D eigenvalue weighted by Gasteiger charge is -2.13. The zero-order chi connectivity index (χ0) is 27.8. The molecule has 3 aromatic carbocycles. The zero-order valence-corrected chi connectivity index (χ0v) is 21.6. The van der Waals surface area contributed by atoms with E-state index in [4.69, 9.17) is 17.3 Å². The maximum atomic E-state index is 14.9. The molecule has 6 nitrogen and oxygen atoms in total. The van der Waals surface area contributed by atoms with Crippen molar-refractivity contribution in [3.8, 4) is 11.1 Å². The van der Waals surface area contributed by atoms with Crippen molar-refractivity contribution in [3.63, 3.8) is 0 Å². The second-order valence-electron chi connectivity index (χ2n) is 8.37. The van der Waals surface area contributed by atoms with Crippen LogP contribution in [0.15, 0.2) is 79.0 Å². The van der Waals surface area contributed by atoms with E-state index in [1.54, 1.807) is 37.4 Å². The van der Waals surface area contributed by atoms with Crippen LogP contribution in [0.1, 0.15) is 38.4 Å². The third kappa shape index (κ3) is 6.72. The van der Waals surface area contributed by atoms with Crippen LogP contribution in [-0.2, 0) is 11.8 Å². The number of amides is 2. The minimum Gasteiger partial charge on any atom is -0.370 e. The Morgan fingerprint density at radius 3 is 2.03 bits per heavy atom. The number of hydrogen-bond acceptors (Lipinski definition) is 3. The van der Waals surface area contributed by atoms with Crippen molar-refractivity contribution < 1.29 is 23.2 Å². The Hall–Kier alpha value is -4.30. The van der Waals surface area contributed by atoms with E-state index in [9.17, 15) is 23.2 Å². The summed E-state index contributed by atoms with van der Waals surface area (Å²) < 4.78 is 30.6. The standard InChI is InChI=1S/C23H21F2N3O3.C6H5Cl/c1-13-16(24)8-9-17(25)19(13)20-15(23(31)27-11-10-18(26)29)12-28(2)21(20)22(30)14-6-4-3-5-7-14;7-6-4-2-1-3-5-6/h3-9,12H,10-11H2,1-2H3,(H2,26,29)(H,27,31);1-5H. The Kier molecular flexibility index (Phi) is 9.51. The number of carbonyl (C=O) groups excluding carboxylic acids is 3. The van der Waals surface area contributed by atoms with Gasteiger partial charge in [0.1, 0.15) is 11.6 Å². The fourth-order valence-electron chi connectivity index (χ4n) is 3.82. The topological polar surface area (TPSA) is 94.2 Å². The molecule has 38 heavy (non-hydrogen) atoms. The predicted octanol–water partition coefficient (Wildman–Crippen LogP) is 5.45. The number of benzene rings is 3. The highest BCUT2D eigenvalue weighted by atomic mass is 35.5. The lowest BCUT2D eigenvalue weighted by molar-refractivity contribution is -0.117. The van der Waals surface area contributed by atoms with E-state index in [2.05, 4.69) is 5.32 Å². The molecule has 0 unspecified atom stereocenters. The molecule has 4 aromatic rings. The van der Waals surface area contributed by atoms with Crippen LogP contribution in [0.3, 0.4) is 0 Å². The van der Waals surface area contributed by atoms with Gasteiger partial charge in [-0.2, -0.15) is 0 Å². The lowest BCUT2D eigenvalue weighted by Crippen LogP contribution is -2.28. The zero-order valence-electron chi connectivity index (χ0n) is 20.8. The predicted molar refractivity (Wildman–Crippen MR) is 143 cm³/mol. The molecule has 4 rings (SSSR count). The number of nitrogens with two attached hydrogens (primary N) is 1. The second kappa shape index (κ2) is 12.8. The van der Waals surface area contributed by atoms with Crippen molar-refractivity contribution in [3.05, 3.63) is 118 Å². The Balaban J connectivity index is 0.000000494. The molecule has 0 bridgehead atoms. The molecule has 2 amide bonds. The summed E-state index contributed by atoms with van der Waals surface area (Å²) in [6.07, 6.45) is 1.30. The van der Waals surface area contributed by atoms with E-state index in [1.807, 2.05) is 30.3 Å². The van der Waals surface area contributed by atoms with Gasteiger partial charge in [-0.25, -0.2) is 8.78 Å². The highest BCUT2D eigenvalue weighted by Crippen LogP contribution is 2.36. The molecular formula is C29H26ClF2N3O3. The van der Waals surface area contributed by atoms with Gasteiger partial charge in [0.2, 0.25) is 11.7 Å². The number of primary amides is 1. The van der Waals surface area contributed by atoms with E-state index < -0.39 is 29.2 Å². The minimum absolute atomic E-state index is 0.0116. The number of aryl methyl sites for hydroxylation is 1. The molecule has 0 saturated heterocycles. The molecule has 3 N–H and O–H groups in total. The maximum Gasteiger partial charge on any atom is 0.253 e. The Morgan fingerprint density at radius 2 is 1.47 bits per heavy atom. The summed E-state index contributed by atoms with van der Waals surface area (Å²) in [7, 11) is 1.55. The molecule has 0 spiro atoms. The van der Waals surface area contributed by atoms with E-state index in [-0.39, 0.29) is 40.9 Å². The number of rotatable bonds is 7. The molecule has 0 atom stereocenters. The monoisotopic (exact) mass is 537 g/mol. The molecule has 0 fully saturated rings. The van der Waals surface area contributed by atoms with Crippen LogP contribution in [0, 0.1) is 18.6 Å². The fourth-order valence-corrected chi connectivity index (χ4v) is 3.97. The molecule has 1 aromatic heterocycles. The van der Waals surface area contributed by atoms with Crippen LogP contribution in [-0.4, -0.2) is 28.7 Å². The van der Waals surface area contributed by atoms with E-state index in [1.165, 1.54) is 17.7 Å². The average Bonchev–Trinajstić information content (AvgIpc) is 3.23. The lowest BCUT2D eigenvalue weighted by atomic mass is 9.93. The summed E-state index contributed by atoms with van der Waals surface area (Å²) in [5.41, 5.74) is 5.25. The number of nitrogens with zero attached hydrogens (tertiary/aromatic N) is 1. The number of nitrogens with one attached hydrogen (secondary N) is 1. The van der Waals surface area contributed by atoms with Crippen molar-refractivity contribution in [1.29, 1.82) is 0 Å². The SMILES string of the molecule is Cc1c(F)ccc(F)c1-c1c(C(=O)NCCC(N)=O)cn(C)c1C(=O)c1ccccc1.Clc1ccccc1. The molecule has 1 heterocycles. The van der Waals surface area contributed by atoms with Gasteiger partial charge in [0.25, 0.3) is 5.91 Å². The van der Waals surface area contributed by atoms with Gasteiger partial charge in [0.15, 0.2) is 0 Å². The van der Waals surface area contributed by atoms with Gasteiger partial charge < -0.3 is 15.6 Å². The van der Waals surface area contributed by atoms with E-state index in [0.717, 1.165) is 17.2 Å². The first-order chi connectivity index (χ1) is 18.1. The molecule has 0 saturated carbocycles. The third-order valence-electron chi connectivity index (χ3n) is 5.67. The molecule has 0 radical (unpaired) electrons. The molecule has 0 aliphatic carbocycles. The van der Waals surface area contributed by atoms with E-state index in [0.29, 0.717) is 5.56 Å². The summed E-state index contributed by atoms with van der Waals surface area (Å²) in [5.74, 6) is -3.11. The first-order valence-electron chi connectivity index (χ1n) is 11.6. The number of ketones is 1. The van der Waals surface area contributed by atoms with Crippen molar-refractivity contribution in [2.75, 3.05) is 6.54 Å². The maximum absolute atomic E-state index is 14.9. The number of halogens is 3. The van der Waals surface area contributed by atoms with Gasteiger partial charge in [0.05, 0.1) is 11.3 Å². The van der Waals surface area contributed by atoms with Crippen molar-refractivity contribution in [2.24, 2.45) is 12.8 Å². The van der Waals surface area contributed by atoms with Gasteiger partial charge in [-0.1, -0.05) is 60.1 Å². The highest BCUT2D eigenvalue weighted by Gasteiger charge is 2.29. The fraction of sp³-hybridized carbons (Fsp3) is 0.138. The molecule has 0 aliphatic rings. The molecule has 196 valence electrons. The quantitative estimate of drug-likeness (QED) is 0.307. The summed E-state index contributed by atoms with van der Waals surface area (Å²) in [5, 5.41) is 3.33. The van der Waals surface area contributed by atoms with Gasteiger partial charge in [-0.05, 0) is 36.8 Å². The Morgan fingerprint density at radius 1 is 0.895 bits per heavy atom. The number of hydrogen-bond donors (Lipinski definition) is 2. The smallest absolute Gasteiger partial charge is 0.253 e. The van der Waals surface area contributed by atoms with Gasteiger partial charge >= 0.3 is 0 Å². The van der Waals surface area contributed by atoms with Crippen molar-refractivity contribution >= 4 is 29.2 Å². The summed E-state index contributed by atoms with van der Waals surface area (Å²) in [6.45, 7) is 1.35. The van der Waals surface area contributed by atoms with Gasteiger partial charge in [-0.3, -0.25) is 14.4 Å². The number of aromatic nitrogens is 1. The molecular weight excluding hydrogens is 512 g/mol. The van der Waals surface area contributed by atoms with Crippen molar-refractivity contribution in [2.45, 2.75) is 13.3 Å². The first kappa shape index (κ1) is 28.3. The van der Waals surface area contributed by atoms with Crippen LogP contribution in [0.25, 0.3) is 11.1 Å². The highest BCUT2D eigenvalue weighted by molar-refractivity contribution is 6.30. The summed E-state index contributed by atoms with van der Waals surface area (Å²) >= 11 is 5.54. The molecule has 9 heteroatoms. The largest absolute Gasteiger partial charge is 0.370 e. The third-order valence-corrected chi connectivity index (χ3v) is 5.92. The average molecular weight is 538 g/mol. The van der Waals surface area contributed by atoms with E-state index >= 15 is 0 Å². The van der Waals surface area contributed by atoms with Crippen LogP contribution in [0.2, 0.25) is 5.02 Å². The normalized spacial score (nSPS) is 10.3. The van der Waals surface area contributed by atoms with Crippen LogP contribution >= 0.6 is 11.6 Å². The van der Waals surface area contributed by atoms with Crippen molar-refractivity contribution in [1.82, 2.24) is 9.88 Å². The van der Waals surface area contributed by atoms with Crippen LogP contribution in [0.4, 0.5) is 8.78 Å². The summed E-state index contributed by atoms with van der Waals surface area (Å²) in [4.78, 5) is 37.1. The first-order valence-corrected chi connectivity index (χ1v) is 12.0. The minimum atomic E-state index is -0.765. The summed E-state index contributed by atoms with van der Waals surface area (Å²) in [6, 6.07) is 19.7. The van der Waals surface area contributed by atoms with Gasteiger partial charge in [0, 0.05) is 47.9 Å².